The summed E-state index contributed by atoms with van der Waals surface area (Å²) in [5.41, 5.74) is 5.27. The summed E-state index contributed by atoms with van der Waals surface area (Å²) in [4.78, 5) is 5.92. The predicted molar refractivity (Wildman–Crippen MR) is 94.4 cm³/mol. The van der Waals surface area contributed by atoms with Crippen LogP contribution in [0.15, 0.2) is 30.3 Å². The van der Waals surface area contributed by atoms with Crippen molar-refractivity contribution in [1.29, 1.82) is 0 Å². The minimum absolute atomic E-state index is 0.215. The zero-order valence-electron chi connectivity index (χ0n) is 14.3. The number of nitrogens with one attached hydrogen (secondary N) is 1. The first-order valence-corrected chi connectivity index (χ1v) is 8.38. The van der Waals surface area contributed by atoms with Gasteiger partial charge in [0.2, 0.25) is 0 Å². The van der Waals surface area contributed by atoms with E-state index >= 15 is 0 Å². The molecule has 0 fully saturated rings. The molecule has 0 spiro atoms. The number of hydrogen-bond donors (Lipinski definition) is 1. The molecule has 3 aromatic rings. The minimum atomic E-state index is 0.215. The predicted octanol–water partition coefficient (Wildman–Crippen LogP) is 2.85. The van der Waals surface area contributed by atoms with Gasteiger partial charge in [0.05, 0.1) is 6.04 Å². The fourth-order valence-electron chi connectivity index (χ4n) is 3.71. The second-order valence-electron chi connectivity index (χ2n) is 6.48. The summed E-state index contributed by atoms with van der Waals surface area (Å²) in [6.07, 6.45) is 3.39. The van der Waals surface area contributed by atoms with E-state index in [1.165, 1.54) is 27.7 Å². The van der Waals surface area contributed by atoms with Crippen molar-refractivity contribution >= 4 is 16.5 Å². The SMILES string of the molecule is Cc1[nH]c2ccccc2c1C1=CCN([C@@H](C)c2nnnn2C)CC1. The Balaban J connectivity index is 1.60. The molecule has 0 bridgehead atoms. The molecule has 0 radical (unpaired) electrons. The van der Waals surface area contributed by atoms with Crippen LogP contribution in [0.2, 0.25) is 0 Å². The van der Waals surface area contributed by atoms with Crippen LogP contribution in [0.25, 0.3) is 16.5 Å². The van der Waals surface area contributed by atoms with E-state index < -0.39 is 0 Å². The summed E-state index contributed by atoms with van der Waals surface area (Å²) < 4.78 is 1.76. The first kappa shape index (κ1) is 15.1. The van der Waals surface area contributed by atoms with E-state index in [-0.39, 0.29) is 6.04 Å². The lowest BCUT2D eigenvalue weighted by Gasteiger charge is -2.31. The van der Waals surface area contributed by atoms with Crippen LogP contribution in [0, 0.1) is 6.92 Å². The van der Waals surface area contributed by atoms with Crippen LogP contribution in [0.5, 0.6) is 0 Å². The average molecular weight is 322 g/mol. The molecule has 0 unspecified atom stereocenters. The smallest absolute Gasteiger partial charge is 0.167 e. The second kappa shape index (κ2) is 5.87. The number of tetrazole rings is 1. The number of rotatable bonds is 3. The van der Waals surface area contributed by atoms with Crippen molar-refractivity contribution in [3.63, 3.8) is 0 Å². The number of H-pyrrole nitrogens is 1. The van der Waals surface area contributed by atoms with Gasteiger partial charge >= 0.3 is 0 Å². The molecular formula is C18H22N6. The van der Waals surface area contributed by atoms with E-state index in [2.05, 4.69) is 69.6 Å². The number of benzene rings is 1. The highest BCUT2D eigenvalue weighted by Gasteiger charge is 2.24. The van der Waals surface area contributed by atoms with Crippen molar-refractivity contribution in [2.75, 3.05) is 13.1 Å². The lowest BCUT2D eigenvalue weighted by molar-refractivity contribution is 0.220. The number of nitrogens with zero attached hydrogens (tertiary/aromatic N) is 5. The van der Waals surface area contributed by atoms with Gasteiger partial charge in [-0.2, -0.15) is 0 Å². The maximum absolute atomic E-state index is 4.15. The van der Waals surface area contributed by atoms with Gasteiger partial charge in [0.25, 0.3) is 0 Å². The van der Waals surface area contributed by atoms with Gasteiger partial charge < -0.3 is 4.98 Å². The summed E-state index contributed by atoms with van der Waals surface area (Å²) in [7, 11) is 1.90. The fourth-order valence-corrected chi connectivity index (χ4v) is 3.71. The van der Waals surface area contributed by atoms with Crippen LogP contribution < -0.4 is 0 Å². The number of fused-ring (bicyclic) bond motifs is 1. The van der Waals surface area contributed by atoms with Crippen molar-refractivity contribution in [3.05, 3.63) is 47.4 Å². The van der Waals surface area contributed by atoms with Crippen molar-refractivity contribution < 1.29 is 0 Å². The van der Waals surface area contributed by atoms with Gasteiger partial charge in [-0.15, -0.1) is 5.10 Å². The molecule has 3 heterocycles. The Hall–Kier alpha value is -2.47. The van der Waals surface area contributed by atoms with Crippen molar-refractivity contribution in [1.82, 2.24) is 30.1 Å². The molecule has 0 amide bonds. The van der Waals surface area contributed by atoms with Crippen LogP contribution in [-0.4, -0.2) is 43.2 Å². The van der Waals surface area contributed by atoms with Gasteiger partial charge in [-0.3, -0.25) is 4.90 Å². The number of hydrogen-bond acceptors (Lipinski definition) is 4. The van der Waals surface area contributed by atoms with E-state index in [4.69, 9.17) is 0 Å². The molecule has 1 aliphatic heterocycles. The van der Waals surface area contributed by atoms with E-state index in [0.29, 0.717) is 0 Å². The van der Waals surface area contributed by atoms with Crippen LogP contribution in [0.1, 0.15) is 36.5 Å². The van der Waals surface area contributed by atoms with E-state index in [0.717, 1.165) is 25.3 Å². The highest BCUT2D eigenvalue weighted by atomic mass is 15.5. The molecule has 1 aromatic carbocycles. The fraction of sp³-hybridized carbons (Fsp3) is 0.389. The summed E-state index contributed by atoms with van der Waals surface area (Å²) in [5.74, 6) is 0.912. The Kier molecular flexibility index (Phi) is 3.69. The topological polar surface area (TPSA) is 62.6 Å². The summed E-state index contributed by atoms with van der Waals surface area (Å²) >= 11 is 0. The van der Waals surface area contributed by atoms with Gasteiger partial charge in [-0.05, 0) is 42.3 Å². The zero-order chi connectivity index (χ0) is 16.7. The van der Waals surface area contributed by atoms with Gasteiger partial charge in [-0.25, -0.2) is 4.68 Å². The molecule has 6 nitrogen and oxygen atoms in total. The summed E-state index contributed by atoms with van der Waals surface area (Å²) in [6.45, 7) is 6.26. The number of para-hydroxylation sites is 1. The number of aromatic amines is 1. The van der Waals surface area contributed by atoms with Crippen LogP contribution in [0.3, 0.4) is 0 Å². The standard InChI is InChI=1S/C18H22N6/c1-12-17(15-6-4-5-7-16(15)19-12)14-8-10-24(11-9-14)13(2)18-20-21-22-23(18)3/h4-8,13,19H,9-11H2,1-3H3/t13-/m0/s1. The van der Waals surface area contributed by atoms with Gasteiger partial charge in [0.1, 0.15) is 0 Å². The highest BCUT2D eigenvalue weighted by Crippen LogP contribution is 2.33. The van der Waals surface area contributed by atoms with Crippen LogP contribution in [-0.2, 0) is 7.05 Å². The molecule has 0 aliphatic carbocycles. The average Bonchev–Trinajstić information content (AvgIpc) is 3.16. The molecular weight excluding hydrogens is 300 g/mol. The Labute approximate surface area is 141 Å². The van der Waals surface area contributed by atoms with Gasteiger partial charge in [0, 0.05) is 42.3 Å². The zero-order valence-corrected chi connectivity index (χ0v) is 14.3. The summed E-state index contributed by atoms with van der Waals surface area (Å²) in [6, 6.07) is 8.75. The first-order valence-electron chi connectivity index (χ1n) is 8.38. The van der Waals surface area contributed by atoms with Crippen LogP contribution in [0.4, 0.5) is 0 Å². The summed E-state index contributed by atoms with van der Waals surface area (Å²) in [5, 5.41) is 13.2. The molecule has 4 rings (SSSR count). The van der Waals surface area contributed by atoms with Crippen LogP contribution >= 0.6 is 0 Å². The Morgan fingerprint density at radius 2 is 2.08 bits per heavy atom. The molecule has 1 N–H and O–H groups in total. The Bertz CT molecular complexity index is 903. The maximum atomic E-state index is 4.15. The van der Waals surface area contributed by atoms with Crippen molar-refractivity contribution in [2.24, 2.45) is 7.05 Å². The third kappa shape index (κ3) is 2.43. The first-order chi connectivity index (χ1) is 11.6. The molecule has 24 heavy (non-hydrogen) atoms. The quantitative estimate of drug-likeness (QED) is 0.805. The number of aromatic nitrogens is 5. The molecule has 124 valence electrons. The molecule has 0 saturated carbocycles. The second-order valence-corrected chi connectivity index (χ2v) is 6.48. The minimum Gasteiger partial charge on any atom is -0.358 e. The van der Waals surface area contributed by atoms with E-state index in [9.17, 15) is 0 Å². The van der Waals surface area contributed by atoms with E-state index in [1.54, 1.807) is 4.68 Å². The van der Waals surface area contributed by atoms with Crippen molar-refractivity contribution in [3.8, 4) is 0 Å². The molecule has 2 aromatic heterocycles. The van der Waals surface area contributed by atoms with E-state index in [1.807, 2.05) is 7.05 Å². The highest BCUT2D eigenvalue weighted by molar-refractivity contribution is 5.94. The lowest BCUT2D eigenvalue weighted by atomic mass is 9.96. The lowest BCUT2D eigenvalue weighted by Crippen LogP contribution is -2.32. The third-order valence-electron chi connectivity index (χ3n) is 5.03. The van der Waals surface area contributed by atoms with Crippen molar-refractivity contribution in [2.45, 2.75) is 26.3 Å². The largest absolute Gasteiger partial charge is 0.358 e. The normalized spacial score (nSPS) is 17.2. The monoisotopic (exact) mass is 322 g/mol. The number of aryl methyl sites for hydroxylation is 2. The molecule has 1 atom stereocenters. The Morgan fingerprint density at radius 3 is 2.79 bits per heavy atom. The Morgan fingerprint density at radius 1 is 1.25 bits per heavy atom. The van der Waals surface area contributed by atoms with Gasteiger partial charge in [-0.1, -0.05) is 24.3 Å². The molecule has 6 heteroatoms. The maximum Gasteiger partial charge on any atom is 0.167 e. The third-order valence-corrected chi connectivity index (χ3v) is 5.03. The molecule has 1 aliphatic rings. The van der Waals surface area contributed by atoms with Gasteiger partial charge in [0.15, 0.2) is 5.82 Å². The molecule has 0 saturated heterocycles.